The lowest BCUT2D eigenvalue weighted by Crippen LogP contribution is -1.93. The number of hydrogen-bond donors (Lipinski definition) is 0. The molecule has 2 nitrogen and oxygen atoms in total. The topological polar surface area (TPSA) is 30.2 Å². The van der Waals surface area contributed by atoms with Gasteiger partial charge in [-0.15, -0.1) is 0 Å². The Kier molecular flexibility index (Phi) is 2.86. The largest absolute Gasteiger partial charge is 0.461 e. The molecule has 0 atom stereocenters. The lowest BCUT2D eigenvalue weighted by atomic mass is 10.2. The average Bonchev–Trinajstić information content (AvgIpc) is 2.66. The molecule has 16 heavy (non-hydrogen) atoms. The van der Waals surface area contributed by atoms with E-state index in [-0.39, 0.29) is 11.6 Å². The van der Waals surface area contributed by atoms with Crippen molar-refractivity contribution in [2.75, 3.05) is 0 Å². The second-order valence-electron chi connectivity index (χ2n) is 3.65. The van der Waals surface area contributed by atoms with E-state index in [1.165, 1.54) is 19.1 Å². The van der Waals surface area contributed by atoms with E-state index in [4.69, 9.17) is 4.42 Å². The highest BCUT2D eigenvalue weighted by Gasteiger charge is 2.06. The normalized spacial score (nSPS) is 10.4. The summed E-state index contributed by atoms with van der Waals surface area (Å²) in [5.74, 6) is 1.06. The monoisotopic (exact) mass is 218 g/mol. The third-order valence-electron chi connectivity index (χ3n) is 2.21. The molecule has 0 spiro atoms. The molecular formula is C13H11FO2. The summed E-state index contributed by atoms with van der Waals surface area (Å²) in [5, 5.41) is 0. The number of rotatable bonds is 3. The molecule has 1 aromatic carbocycles. The summed E-state index contributed by atoms with van der Waals surface area (Å²) in [7, 11) is 0. The van der Waals surface area contributed by atoms with E-state index in [0.717, 1.165) is 5.56 Å². The van der Waals surface area contributed by atoms with Crippen LogP contribution in [0.4, 0.5) is 4.39 Å². The van der Waals surface area contributed by atoms with Gasteiger partial charge in [0.15, 0.2) is 0 Å². The first-order valence-electron chi connectivity index (χ1n) is 4.99. The molecule has 0 saturated carbocycles. The summed E-state index contributed by atoms with van der Waals surface area (Å²) in [5.41, 5.74) is 0.802. The van der Waals surface area contributed by atoms with Crippen LogP contribution in [0.2, 0.25) is 0 Å². The molecule has 0 aliphatic heterocycles. The fourth-order valence-electron chi connectivity index (χ4n) is 1.49. The Morgan fingerprint density at radius 3 is 2.50 bits per heavy atom. The Balaban J connectivity index is 2.24. The SMILES string of the molecule is CC(=O)Cc1ccc(-c2ccc(F)cc2)o1. The van der Waals surface area contributed by atoms with Crippen molar-refractivity contribution in [3.05, 3.63) is 48.0 Å². The molecule has 0 unspecified atom stereocenters. The van der Waals surface area contributed by atoms with Gasteiger partial charge in [0.25, 0.3) is 0 Å². The number of hydrogen-bond acceptors (Lipinski definition) is 2. The number of carbonyl (C=O) groups is 1. The van der Waals surface area contributed by atoms with Crippen molar-refractivity contribution in [3.8, 4) is 11.3 Å². The minimum absolute atomic E-state index is 0.0556. The van der Waals surface area contributed by atoms with Crippen molar-refractivity contribution >= 4 is 5.78 Å². The number of halogens is 1. The zero-order valence-corrected chi connectivity index (χ0v) is 8.87. The Morgan fingerprint density at radius 1 is 1.19 bits per heavy atom. The van der Waals surface area contributed by atoms with Gasteiger partial charge in [0.1, 0.15) is 23.1 Å². The number of ketones is 1. The van der Waals surface area contributed by atoms with Crippen molar-refractivity contribution in [1.82, 2.24) is 0 Å². The highest BCUT2D eigenvalue weighted by Crippen LogP contribution is 2.22. The van der Waals surface area contributed by atoms with E-state index < -0.39 is 0 Å². The summed E-state index contributed by atoms with van der Waals surface area (Å²) in [4.78, 5) is 10.9. The van der Waals surface area contributed by atoms with E-state index in [0.29, 0.717) is 17.9 Å². The van der Waals surface area contributed by atoms with Gasteiger partial charge >= 0.3 is 0 Å². The van der Waals surface area contributed by atoms with E-state index in [2.05, 4.69) is 0 Å². The maximum atomic E-state index is 12.7. The minimum Gasteiger partial charge on any atom is -0.461 e. The summed E-state index contributed by atoms with van der Waals surface area (Å²) < 4.78 is 18.2. The Hall–Kier alpha value is -1.90. The van der Waals surface area contributed by atoms with Gasteiger partial charge in [-0.05, 0) is 43.3 Å². The highest BCUT2D eigenvalue weighted by molar-refractivity contribution is 5.77. The summed E-state index contributed by atoms with van der Waals surface area (Å²) in [6.45, 7) is 1.51. The predicted molar refractivity (Wildman–Crippen MR) is 58.5 cm³/mol. The molecule has 1 aromatic heterocycles. The van der Waals surface area contributed by atoms with Crippen LogP contribution in [0.25, 0.3) is 11.3 Å². The Labute approximate surface area is 92.7 Å². The van der Waals surface area contributed by atoms with Gasteiger partial charge in [0, 0.05) is 5.56 Å². The van der Waals surface area contributed by atoms with Gasteiger partial charge in [-0.25, -0.2) is 4.39 Å². The second-order valence-corrected chi connectivity index (χ2v) is 3.65. The average molecular weight is 218 g/mol. The zero-order chi connectivity index (χ0) is 11.5. The number of benzene rings is 1. The van der Waals surface area contributed by atoms with Crippen LogP contribution in [0.5, 0.6) is 0 Å². The van der Waals surface area contributed by atoms with Gasteiger partial charge in [-0.2, -0.15) is 0 Å². The van der Waals surface area contributed by atoms with Crippen LogP contribution in [0.3, 0.4) is 0 Å². The van der Waals surface area contributed by atoms with Gasteiger partial charge in [0.2, 0.25) is 0 Å². The highest BCUT2D eigenvalue weighted by atomic mass is 19.1. The molecule has 0 amide bonds. The molecule has 2 aromatic rings. The maximum absolute atomic E-state index is 12.7. The molecule has 0 aliphatic rings. The van der Waals surface area contributed by atoms with E-state index in [1.807, 2.05) is 0 Å². The van der Waals surface area contributed by atoms with Crippen molar-refractivity contribution in [1.29, 1.82) is 0 Å². The van der Waals surface area contributed by atoms with E-state index in [1.54, 1.807) is 24.3 Å². The molecular weight excluding hydrogens is 207 g/mol. The van der Waals surface area contributed by atoms with Gasteiger partial charge in [-0.1, -0.05) is 0 Å². The predicted octanol–water partition coefficient (Wildman–Crippen LogP) is 3.22. The standard InChI is InChI=1S/C13H11FO2/c1-9(15)8-12-6-7-13(16-12)10-2-4-11(14)5-3-10/h2-7H,8H2,1H3. The molecule has 0 radical (unpaired) electrons. The number of carbonyl (C=O) groups excluding carboxylic acids is 1. The third kappa shape index (κ3) is 2.37. The first-order chi connectivity index (χ1) is 7.65. The van der Waals surface area contributed by atoms with Crippen LogP contribution in [0.15, 0.2) is 40.8 Å². The quantitative estimate of drug-likeness (QED) is 0.791. The van der Waals surface area contributed by atoms with Gasteiger partial charge in [-0.3, -0.25) is 4.79 Å². The van der Waals surface area contributed by atoms with Crippen LogP contribution in [0, 0.1) is 5.82 Å². The molecule has 0 saturated heterocycles. The molecule has 0 bridgehead atoms. The maximum Gasteiger partial charge on any atom is 0.137 e. The molecule has 3 heteroatoms. The lowest BCUT2D eigenvalue weighted by molar-refractivity contribution is -0.116. The number of furan rings is 1. The van der Waals surface area contributed by atoms with Crippen molar-refractivity contribution < 1.29 is 13.6 Å². The molecule has 82 valence electrons. The number of Topliss-reactive ketones (excluding diaryl/α,β-unsaturated/α-hetero) is 1. The molecule has 0 fully saturated rings. The van der Waals surface area contributed by atoms with Crippen LogP contribution in [-0.4, -0.2) is 5.78 Å². The summed E-state index contributed by atoms with van der Waals surface area (Å²) in [6.07, 6.45) is 0.293. The van der Waals surface area contributed by atoms with Crippen molar-refractivity contribution in [2.24, 2.45) is 0 Å². The Bertz CT molecular complexity index is 497. The fourth-order valence-corrected chi connectivity index (χ4v) is 1.49. The van der Waals surface area contributed by atoms with Gasteiger partial charge in [0.05, 0.1) is 6.42 Å². The molecule has 2 rings (SSSR count). The Morgan fingerprint density at radius 2 is 1.88 bits per heavy atom. The third-order valence-corrected chi connectivity index (χ3v) is 2.21. The van der Waals surface area contributed by atoms with Crippen LogP contribution >= 0.6 is 0 Å². The van der Waals surface area contributed by atoms with Crippen molar-refractivity contribution in [3.63, 3.8) is 0 Å². The first-order valence-corrected chi connectivity index (χ1v) is 4.99. The molecule has 0 aliphatic carbocycles. The van der Waals surface area contributed by atoms with Gasteiger partial charge < -0.3 is 4.42 Å². The lowest BCUT2D eigenvalue weighted by Gasteiger charge is -1.96. The van der Waals surface area contributed by atoms with Crippen LogP contribution in [-0.2, 0) is 11.2 Å². The van der Waals surface area contributed by atoms with E-state index >= 15 is 0 Å². The first kappa shape index (κ1) is 10.6. The van der Waals surface area contributed by atoms with Crippen LogP contribution < -0.4 is 0 Å². The minimum atomic E-state index is -0.278. The zero-order valence-electron chi connectivity index (χ0n) is 8.87. The second kappa shape index (κ2) is 4.31. The van der Waals surface area contributed by atoms with Crippen LogP contribution in [0.1, 0.15) is 12.7 Å². The molecule has 0 N–H and O–H groups in total. The summed E-state index contributed by atoms with van der Waals surface area (Å²) in [6, 6.07) is 9.59. The fraction of sp³-hybridized carbons (Fsp3) is 0.154. The molecule has 1 heterocycles. The van der Waals surface area contributed by atoms with E-state index in [9.17, 15) is 9.18 Å². The summed E-state index contributed by atoms with van der Waals surface area (Å²) >= 11 is 0. The van der Waals surface area contributed by atoms with Crippen molar-refractivity contribution in [2.45, 2.75) is 13.3 Å². The smallest absolute Gasteiger partial charge is 0.137 e.